The topological polar surface area (TPSA) is 39.2 Å². The number of ether oxygens (including phenoxy) is 1. The van der Waals surface area contributed by atoms with Crippen molar-refractivity contribution in [2.24, 2.45) is 0 Å². The molecule has 0 aliphatic heterocycles. The summed E-state index contributed by atoms with van der Waals surface area (Å²) in [5.41, 5.74) is -0.809. The highest BCUT2D eigenvalue weighted by Gasteiger charge is 2.22. The van der Waals surface area contributed by atoms with Gasteiger partial charge in [-0.15, -0.1) is 0 Å². The summed E-state index contributed by atoms with van der Waals surface area (Å²) < 4.78 is 29.5. The van der Waals surface area contributed by atoms with Crippen molar-refractivity contribution in [2.75, 3.05) is 7.11 Å². The Balaban J connectivity index is 3.28. The Morgan fingerprint density at radius 2 is 2.29 bits per heavy atom. The van der Waals surface area contributed by atoms with Crippen LogP contribution in [0.25, 0.3) is 0 Å². The van der Waals surface area contributed by atoms with Crippen LogP contribution in [0.5, 0.6) is 0 Å². The third kappa shape index (κ3) is 2.06. The predicted molar refractivity (Wildman–Crippen MR) is 48.2 cm³/mol. The van der Waals surface area contributed by atoms with Crippen molar-refractivity contribution >= 4 is 21.9 Å². The normalized spacial score (nSPS) is 10.4. The molecule has 0 bridgehead atoms. The van der Waals surface area contributed by atoms with Crippen molar-refractivity contribution in [1.82, 2.24) is 4.98 Å². The van der Waals surface area contributed by atoms with Crippen LogP contribution in [0, 0.1) is 0 Å². The van der Waals surface area contributed by atoms with E-state index < -0.39 is 18.0 Å². The largest absolute Gasteiger partial charge is 0.464 e. The molecule has 0 aromatic carbocycles. The van der Waals surface area contributed by atoms with Gasteiger partial charge in [0.05, 0.1) is 12.7 Å². The van der Waals surface area contributed by atoms with Gasteiger partial charge in [-0.2, -0.15) is 0 Å². The number of halogens is 3. The van der Waals surface area contributed by atoms with Crippen LogP contribution in [-0.2, 0) is 4.74 Å². The van der Waals surface area contributed by atoms with Gasteiger partial charge in [0, 0.05) is 10.7 Å². The molecule has 0 saturated carbocycles. The number of pyridine rings is 1. The van der Waals surface area contributed by atoms with Gasteiger partial charge in [-0.3, -0.25) is 0 Å². The van der Waals surface area contributed by atoms with Crippen LogP contribution in [0.15, 0.2) is 16.7 Å². The van der Waals surface area contributed by atoms with Gasteiger partial charge in [-0.1, -0.05) is 15.9 Å². The van der Waals surface area contributed by atoms with E-state index in [9.17, 15) is 13.6 Å². The molecule has 0 unspecified atom stereocenters. The first-order valence-corrected chi connectivity index (χ1v) is 4.38. The molecule has 6 heteroatoms. The van der Waals surface area contributed by atoms with E-state index in [4.69, 9.17) is 0 Å². The number of carbonyl (C=O) groups excluding carboxylic acids is 1. The molecule has 3 nitrogen and oxygen atoms in total. The minimum atomic E-state index is -2.77. The second kappa shape index (κ2) is 4.45. The number of methoxy groups -OCH3 is 1. The van der Waals surface area contributed by atoms with Crippen molar-refractivity contribution in [3.8, 4) is 0 Å². The lowest BCUT2D eigenvalue weighted by Crippen LogP contribution is -2.09. The number of aromatic nitrogens is 1. The van der Waals surface area contributed by atoms with Crippen LogP contribution in [0.4, 0.5) is 8.78 Å². The van der Waals surface area contributed by atoms with E-state index in [0.717, 1.165) is 7.11 Å². The monoisotopic (exact) mass is 265 g/mol. The zero-order chi connectivity index (χ0) is 10.7. The minimum Gasteiger partial charge on any atom is -0.464 e. The number of alkyl halides is 2. The summed E-state index contributed by atoms with van der Waals surface area (Å²) in [4.78, 5) is 14.6. The first-order chi connectivity index (χ1) is 6.57. The smallest absolute Gasteiger partial charge is 0.357 e. The molecular formula is C8H6BrF2NO2. The van der Waals surface area contributed by atoms with E-state index >= 15 is 0 Å². The summed E-state index contributed by atoms with van der Waals surface area (Å²) >= 11 is 2.92. The standard InChI is InChI=1S/C8H6BrF2NO2/c1-14-8(13)6-5(7(10)11)4(9)2-3-12-6/h2-3,7H,1H3. The Kier molecular flexibility index (Phi) is 3.51. The van der Waals surface area contributed by atoms with E-state index in [1.165, 1.54) is 12.3 Å². The van der Waals surface area contributed by atoms with Gasteiger partial charge < -0.3 is 4.74 Å². The molecule has 1 rings (SSSR count). The average Bonchev–Trinajstić information content (AvgIpc) is 2.15. The lowest BCUT2D eigenvalue weighted by atomic mass is 10.2. The highest BCUT2D eigenvalue weighted by Crippen LogP contribution is 2.29. The van der Waals surface area contributed by atoms with Crippen molar-refractivity contribution < 1.29 is 18.3 Å². The molecular weight excluding hydrogens is 260 g/mol. The molecule has 1 heterocycles. The van der Waals surface area contributed by atoms with Gasteiger partial charge >= 0.3 is 5.97 Å². The Morgan fingerprint density at radius 1 is 1.64 bits per heavy atom. The van der Waals surface area contributed by atoms with E-state index in [1.54, 1.807) is 0 Å². The second-order valence-electron chi connectivity index (χ2n) is 2.35. The lowest BCUT2D eigenvalue weighted by Gasteiger charge is -2.07. The molecule has 0 spiro atoms. The number of rotatable bonds is 2. The van der Waals surface area contributed by atoms with Crippen LogP contribution in [-0.4, -0.2) is 18.1 Å². The van der Waals surface area contributed by atoms with Crippen molar-refractivity contribution in [3.05, 3.63) is 28.0 Å². The zero-order valence-corrected chi connectivity index (χ0v) is 8.72. The number of carbonyl (C=O) groups is 1. The molecule has 0 amide bonds. The minimum absolute atomic E-state index is 0.142. The molecule has 0 saturated heterocycles. The first kappa shape index (κ1) is 11.0. The molecule has 0 N–H and O–H groups in total. The van der Waals surface area contributed by atoms with Gasteiger partial charge in [0.15, 0.2) is 5.69 Å². The van der Waals surface area contributed by atoms with Gasteiger partial charge in [0.25, 0.3) is 6.43 Å². The van der Waals surface area contributed by atoms with Crippen LogP contribution in [0.3, 0.4) is 0 Å². The molecule has 14 heavy (non-hydrogen) atoms. The quantitative estimate of drug-likeness (QED) is 0.772. The summed E-state index contributed by atoms with van der Waals surface area (Å²) in [6.45, 7) is 0. The van der Waals surface area contributed by atoms with Crippen LogP contribution < -0.4 is 0 Å². The van der Waals surface area contributed by atoms with E-state index in [2.05, 4.69) is 25.7 Å². The highest BCUT2D eigenvalue weighted by molar-refractivity contribution is 9.10. The van der Waals surface area contributed by atoms with Crippen molar-refractivity contribution in [1.29, 1.82) is 0 Å². The Bertz CT molecular complexity index is 357. The maximum atomic E-state index is 12.5. The molecule has 0 fully saturated rings. The fourth-order valence-corrected chi connectivity index (χ4v) is 1.40. The maximum Gasteiger partial charge on any atom is 0.357 e. The number of hydrogen-bond donors (Lipinski definition) is 0. The maximum absolute atomic E-state index is 12.5. The fraction of sp³-hybridized carbons (Fsp3) is 0.250. The van der Waals surface area contributed by atoms with Gasteiger partial charge in [0.2, 0.25) is 0 Å². The number of esters is 1. The van der Waals surface area contributed by atoms with Gasteiger partial charge in [-0.05, 0) is 6.07 Å². The number of nitrogens with zero attached hydrogens (tertiary/aromatic N) is 1. The van der Waals surface area contributed by atoms with Crippen molar-refractivity contribution in [2.45, 2.75) is 6.43 Å². The van der Waals surface area contributed by atoms with Crippen LogP contribution in [0.1, 0.15) is 22.5 Å². The zero-order valence-electron chi connectivity index (χ0n) is 7.13. The summed E-state index contributed by atoms with van der Waals surface area (Å²) in [7, 11) is 1.11. The summed E-state index contributed by atoms with van der Waals surface area (Å²) in [6, 6.07) is 1.34. The van der Waals surface area contributed by atoms with E-state index in [1.807, 2.05) is 0 Å². The molecule has 0 aliphatic carbocycles. The lowest BCUT2D eigenvalue weighted by molar-refractivity contribution is 0.0581. The summed E-state index contributed by atoms with van der Waals surface area (Å²) in [5.74, 6) is -0.874. The summed E-state index contributed by atoms with van der Waals surface area (Å²) in [5, 5.41) is 0. The third-order valence-electron chi connectivity index (χ3n) is 1.53. The van der Waals surface area contributed by atoms with Gasteiger partial charge in [0.1, 0.15) is 0 Å². The predicted octanol–water partition coefficient (Wildman–Crippen LogP) is 2.57. The average molecular weight is 266 g/mol. The Morgan fingerprint density at radius 3 is 2.79 bits per heavy atom. The fourth-order valence-electron chi connectivity index (χ4n) is 0.917. The van der Waals surface area contributed by atoms with Gasteiger partial charge in [-0.25, -0.2) is 18.6 Å². The molecule has 1 aromatic rings. The first-order valence-electron chi connectivity index (χ1n) is 3.58. The Hall–Kier alpha value is -1.04. The van der Waals surface area contributed by atoms with Crippen LogP contribution >= 0.6 is 15.9 Å². The van der Waals surface area contributed by atoms with Crippen molar-refractivity contribution in [3.63, 3.8) is 0 Å². The van der Waals surface area contributed by atoms with E-state index in [-0.39, 0.29) is 10.2 Å². The molecule has 1 aromatic heterocycles. The Labute approximate surface area is 87.2 Å². The third-order valence-corrected chi connectivity index (χ3v) is 2.23. The second-order valence-corrected chi connectivity index (χ2v) is 3.20. The molecule has 0 radical (unpaired) electrons. The van der Waals surface area contributed by atoms with Crippen LogP contribution in [0.2, 0.25) is 0 Å². The molecule has 0 aliphatic rings. The summed E-state index contributed by atoms with van der Waals surface area (Å²) in [6.07, 6.45) is -1.52. The van der Waals surface area contributed by atoms with E-state index in [0.29, 0.717) is 0 Å². The number of hydrogen-bond acceptors (Lipinski definition) is 3. The molecule has 76 valence electrons. The highest BCUT2D eigenvalue weighted by atomic mass is 79.9. The molecule has 0 atom stereocenters. The SMILES string of the molecule is COC(=O)c1nccc(Br)c1C(F)F.